The SMILES string of the molecule is c1ccc(-c2cccc(-c3c4ccccc4c(-c4ccc(-c5ccc(-c6c7ccccc7c(-c7cccc8oc9ccccc9c78)c7ccccc67)c(-c6ccccc6)c5)c5oc6ccccc6c45)c4ccccc34)c2)cc1. The van der Waals surface area contributed by atoms with E-state index < -0.39 is 0 Å². The first-order valence-electron chi connectivity index (χ1n) is 26.8. The van der Waals surface area contributed by atoms with Gasteiger partial charge >= 0.3 is 0 Å². The molecule has 0 N–H and O–H groups in total. The van der Waals surface area contributed by atoms with Crippen molar-refractivity contribution in [2.24, 2.45) is 0 Å². The molecule has 0 fully saturated rings. The lowest BCUT2D eigenvalue weighted by molar-refractivity contribution is 0.669. The molecule has 0 amide bonds. The number of para-hydroxylation sites is 2. The average Bonchev–Trinajstić information content (AvgIpc) is 4.26. The molecule has 2 nitrogen and oxygen atoms in total. The standard InChI is InChI=1S/C76H46O2/c1-3-21-47(22-4-1)49-25-19-26-51(45-49)70-53-27-7-9-29-55(53)73(56-30-10-8-28-54(56)70)65-44-43-52(76-75(65)63-36-16-18-39-68(63)78-76)50-41-42-61(66(46-50)48-23-5-2-6-24-48)71-57-31-11-13-33-59(57)72(60-34-14-12-32-58(60)71)64-37-20-40-69-74(64)62-35-15-17-38-67(62)77-69/h1-46H. The molecule has 2 heteroatoms. The first-order valence-corrected chi connectivity index (χ1v) is 26.8. The zero-order valence-corrected chi connectivity index (χ0v) is 42.4. The summed E-state index contributed by atoms with van der Waals surface area (Å²) in [6.07, 6.45) is 0. The summed E-state index contributed by atoms with van der Waals surface area (Å²) in [6.45, 7) is 0. The van der Waals surface area contributed by atoms with Gasteiger partial charge in [0.2, 0.25) is 0 Å². The van der Waals surface area contributed by atoms with Crippen LogP contribution in [0.4, 0.5) is 0 Å². The second-order valence-electron chi connectivity index (χ2n) is 20.5. The van der Waals surface area contributed by atoms with E-state index in [4.69, 9.17) is 8.83 Å². The molecule has 2 heterocycles. The third-order valence-corrected chi connectivity index (χ3v) is 16.3. The molecule has 14 aromatic carbocycles. The van der Waals surface area contributed by atoms with Crippen LogP contribution in [0, 0.1) is 0 Å². The van der Waals surface area contributed by atoms with Crippen molar-refractivity contribution in [3.8, 4) is 77.9 Å². The van der Waals surface area contributed by atoms with E-state index in [1.54, 1.807) is 0 Å². The third-order valence-electron chi connectivity index (χ3n) is 16.3. The zero-order valence-electron chi connectivity index (χ0n) is 42.4. The Bertz CT molecular complexity index is 4960. The van der Waals surface area contributed by atoms with E-state index in [2.05, 4.69) is 273 Å². The highest BCUT2D eigenvalue weighted by Crippen LogP contribution is 2.52. The summed E-state index contributed by atoms with van der Waals surface area (Å²) in [6, 6.07) is 101. The number of furan rings is 2. The molecule has 78 heavy (non-hydrogen) atoms. The Hall–Kier alpha value is -10.3. The molecule has 0 saturated carbocycles. The predicted octanol–water partition coefficient (Wildman–Crippen LogP) is 21.8. The van der Waals surface area contributed by atoms with Crippen LogP contribution in [-0.2, 0) is 0 Å². The maximum atomic E-state index is 7.15. The van der Waals surface area contributed by atoms with Crippen molar-refractivity contribution < 1.29 is 8.83 Å². The number of hydrogen-bond donors (Lipinski definition) is 0. The second kappa shape index (κ2) is 17.7. The minimum atomic E-state index is 0.862. The van der Waals surface area contributed by atoms with Crippen molar-refractivity contribution in [3.05, 3.63) is 279 Å². The molecule has 0 radical (unpaired) electrons. The molecule has 16 aromatic rings. The van der Waals surface area contributed by atoms with Crippen LogP contribution < -0.4 is 0 Å². The first-order chi connectivity index (χ1) is 38.7. The summed E-state index contributed by atoms with van der Waals surface area (Å²) in [4.78, 5) is 0. The Morgan fingerprint density at radius 2 is 0.577 bits per heavy atom. The Balaban J connectivity index is 0.926. The van der Waals surface area contributed by atoms with Crippen LogP contribution in [-0.4, -0.2) is 0 Å². The lowest BCUT2D eigenvalue weighted by Crippen LogP contribution is -1.94. The van der Waals surface area contributed by atoms with E-state index >= 15 is 0 Å². The highest BCUT2D eigenvalue weighted by atomic mass is 16.3. The van der Waals surface area contributed by atoms with E-state index in [1.165, 1.54) is 93.2 Å². The summed E-state index contributed by atoms with van der Waals surface area (Å²) < 4.78 is 13.6. The fourth-order valence-corrected chi connectivity index (χ4v) is 13.0. The van der Waals surface area contributed by atoms with Crippen LogP contribution in [0.15, 0.2) is 288 Å². The van der Waals surface area contributed by atoms with Crippen LogP contribution in [0.3, 0.4) is 0 Å². The van der Waals surface area contributed by atoms with Gasteiger partial charge in [-0.25, -0.2) is 0 Å². The van der Waals surface area contributed by atoms with Gasteiger partial charge in [0.25, 0.3) is 0 Å². The summed E-state index contributed by atoms with van der Waals surface area (Å²) in [5.41, 5.74) is 19.9. The Kier molecular flexibility index (Phi) is 9.98. The molecule has 16 rings (SSSR count). The number of rotatable bonds is 7. The van der Waals surface area contributed by atoms with Crippen molar-refractivity contribution in [1.82, 2.24) is 0 Å². The molecule has 0 spiro atoms. The van der Waals surface area contributed by atoms with Crippen LogP contribution in [0.5, 0.6) is 0 Å². The maximum absolute atomic E-state index is 7.15. The lowest BCUT2D eigenvalue weighted by Gasteiger charge is -2.21. The number of hydrogen-bond acceptors (Lipinski definition) is 2. The van der Waals surface area contributed by atoms with Crippen molar-refractivity contribution >= 4 is 87.0 Å². The summed E-state index contributed by atoms with van der Waals surface area (Å²) in [5.74, 6) is 0. The Morgan fingerprint density at radius 3 is 1.17 bits per heavy atom. The van der Waals surface area contributed by atoms with Crippen LogP contribution in [0.2, 0.25) is 0 Å². The van der Waals surface area contributed by atoms with Gasteiger partial charge < -0.3 is 8.83 Å². The molecule has 0 unspecified atom stereocenters. The van der Waals surface area contributed by atoms with Crippen LogP contribution >= 0.6 is 0 Å². The third kappa shape index (κ3) is 6.77. The van der Waals surface area contributed by atoms with E-state index in [9.17, 15) is 0 Å². The van der Waals surface area contributed by atoms with Gasteiger partial charge in [-0.2, -0.15) is 0 Å². The van der Waals surface area contributed by atoms with Crippen LogP contribution in [0.25, 0.3) is 165 Å². The van der Waals surface area contributed by atoms with Crippen molar-refractivity contribution in [1.29, 1.82) is 0 Å². The Morgan fingerprint density at radius 1 is 0.179 bits per heavy atom. The smallest absolute Gasteiger partial charge is 0.143 e. The molecular weight excluding hydrogens is 945 g/mol. The fourth-order valence-electron chi connectivity index (χ4n) is 13.0. The van der Waals surface area contributed by atoms with Gasteiger partial charge in [-0.05, 0) is 152 Å². The summed E-state index contributed by atoms with van der Waals surface area (Å²) >= 11 is 0. The lowest BCUT2D eigenvalue weighted by atomic mass is 9.82. The molecule has 362 valence electrons. The first kappa shape index (κ1) is 44.1. The minimum absolute atomic E-state index is 0.862. The maximum Gasteiger partial charge on any atom is 0.143 e. The quantitative estimate of drug-likeness (QED) is 0.149. The molecule has 2 aromatic heterocycles. The van der Waals surface area contributed by atoms with Gasteiger partial charge in [-0.15, -0.1) is 0 Å². The van der Waals surface area contributed by atoms with E-state index in [0.717, 1.165) is 71.7 Å². The van der Waals surface area contributed by atoms with E-state index in [0.29, 0.717) is 0 Å². The molecule has 0 atom stereocenters. The molecule has 0 bridgehead atoms. The summed E-state index contributed by atoms with van der Waals surface area (Å²) in [5, 5.41) is 14.1. The Labute approximate surface area is 450 Å². The highest BCUT2D eigenvalue weighted by Gasteiger charge is 2.25. The van der Waals surface area contributed by atoms with Gasteiger partial charge in [0.15, 0.2) is 0 Å². The minimum Gasteiger partial charge on any atom is -0.456 e. The number of fused-ring (bicyclic) bond motifs is 10. The number of benzene rings is 14. The van der Waals surface area contributed by atoms with Crippen molar-refractivity contribution in [2.75, 3.05) is 0 Å². The molecule has 0 saturated heterocycles. The van der Waals surface area contributed by atoms with E-state index in [-0.39, 0.29) is 0 Å². The summed E-state index contributed by atoms with van der Waals surface area (Å²) in [7, 11) is 0. The largest absolute Gasteiger partial charge is 0.456 e. The monoisotopic (exact) mass is 990 g/mol. The van der Waals surface area contributed by atoms with Crippen molar-refractivity contribution in [3.63, 3.8) is 0 Å². The molecule has 0 aliphatic heterocycles. The van der Waals surface area contributed by atoms with Gasteiger partial charge in [0.05, 0.1) is 0 Å². The zero-order chi connectivity index (χ0) is 51.3. The van der Waals surface area contributed by atoms with Crippen molar-refractivity contribution in [2.45, 2.75) is 0 Å². The second-order valence-corrected chi connectivity index (χ2v) is 20.5. The van der Waals surface area contributed by atoms with Crippen LogP contribution in [0.1, 0.15) is 0 Å². The van der Waals surface area contributed by atoms with Gasteiger partial charge in [0, 0.05) is 27.1 Å². The normalized spacial score (nSPS) is 11.8. The fraction of sp³-hybridized carbons (Fsp3) is 0. The van der Waals surface area contributed by atoms with Gasteiger partial charge in [-0.3, -0.25) is 0 Å². The van der Waals surface area contributed by atoms with Gasteiger partial charge in [0.1, 0.15) is 22.3 Å². The molecular formula is C76H46O2. The predicted molar refractivity (Wildman–Crippen MR) is 329 cm³/mol. The topological polar surface area (TPSA) is 26.3 Å². The molecule has 0 aliphatic rings. The van der Waals surface area contributed by atoms with E-state index in [1.807, 2.05) is 6.07 Å². The van der Waals surface area contributed by atoms with Gasteiger partial charge in [-0.1, -0.05) is 243 Å². The average molecular weight is 991 g/mol. The highest BCUT2D eigenvalue weighted by molar-refractivity contribution is 6.28. The molecule has 0 aliphatic carbocycles.